The Balaban J connectivity index is 1.73. The van der Waals surface area contributed by atoms with Gasteiger partial charge in [0.2, 0.25) is 15.9 Å². The number of ether oxygens (including phenoxy) is 1. The van der Waals surface area contributed by atoms with Gasteiger partial charge in [-0.1, -0.05) is 6.42 Å². The summed E-state index contributed by atoms with van der Waals surface area (Å²) in [6.07, 6.45) is 4.64. The Morgan fingerprint density at radius 1 is 1.09 bits per heavy atom. The maximum absolute atomic E-state index is 12.4. The number of morpholine rings is 1. The minimum absolute atomic E-state index is 0.105. The van der Waals surface area contributed by atoms with Crippen LogP contribution in [0.4, 0.5) is 0 Å². The molecule has 2 fully saturated rings. The van der Waals surface area contributed by atoms with Gasteiger partial charge in [-0.15, -0.1) is 0 Å². The average molecular weight is 346 g/mol. The summed E-state index contributed by atoms with van der Waals surface area (Å²) in [6.45, 7) is 7.08. The van der Waals surface area contributed by atoms with Crippen molar-refractivity contribution in [3.8, 4) is 0 Å². The number of amides is 1. The van der Waals surface area contributed by atoms with Crippen molar-refractivity contribution in [2.75, 3.05) is 38.6 Å². The van der Waals surface area contributed by atoms with E-state index in [0.717, 1.165) is 19.3 Å². The first-order chi connectivity index (χ1) is 10.8. The van der Waals surface area contributed by atoms with Gasteiger partial charge in [0.25, 0.3) is 0 Å². The van der Waals surface area contributed by atoms with E-state index in [2.05, 4.69) is 0 Å². The number of carbonyl (C=O) groups excluding carboxylic acids is 1. The number of unbranched alkanes of at least 4 members (excludes halogenated alkanes) is 1. The Bertz CT molecular complexity index is 498. The summed E-state index contributed by atoms with van der Waals surface area (Å²) in [7, 11) is -3.14. The number of carbonyl (C=O) groups is 1. The lowest BCUT2D eigenvalue weighted by Crippen LogP contribution is -2.55. The first-order valence-electron chi connectivity index (χ1n) is 8.69. The minimum Gasteiger partial charge on any atom is -0.377 e. The normalized spacial score (nSPS) is 23.0. The summed E-state index contributed by atoms with van der Waals surface area (Å²) >= 11 is 0. The van der Waals surface area contributed by atoms with Crippen molar-refractivity contribution in [2.24, 2.45) is 0 Å². The molecule has 134 valence electrons. The molecule has 1 amide bonds. The lowest BCUT2D eigenvalue weighted by Gasteiger charge is -2.42. The van der Waals surface area contributed by atoms with Gasteiger partial charge in [0.05, 0.1) is 24.5 Å². The number of hydrogen-bond donors (Lipinski definition) is 0. The molecule has 2 aliphatic rings. The van der Waals surface area contributed by atoms with Crippen molar-refractivity contribution in [3.63, 3.8) is 0 Å². The van der Waals surface area contributed by atoms with Gasteiger partial charge in [-0.2, -0.15) is 0 Å². The predicted molar refractivity (Wildman–Crippen MR) is 89.7 cm³/mol. The SMILES string of the molecule is CC1(C)COCCN1C(=O)CCCCS(=O)(=O)N1CCCCC1. The highest BCUT2D eigenvalue weighted by atomic mass is 32.2. The van der Waals surface area contributed by atoms with Crippen LogP contribution in [0, 0.1) is 0 Å². The van der Waals surface area contributed by atoms with E-state index >= 15 is 0 Å². The van der Waals surface area contributed by atoms with Crippen LogP contribution in [-0.4, -0.2) is 67.7 Å². The van der Waals surface area contributed by atoms with Crippen molar-refractivity contribution in [1.82, 2.24) is 9.21 Å². The van der Waals surface area contributed by atoms with Crippen molar-refractivity contribution >= 4 is 15.9 Å². The fourth-order valence-corrected chi connectivity index (χ4v) is 4.93. The molecule has 0 unspecified atom stereocenters. The topological polar surface area (TPSA) is 66.9 Å². The maximum atomic E-state index is 12.4. The molecule has 0 aromatic carbocycles. The molecular weight excluding hydrogens is 316 g/mol. The Labute approximate surface area is 140 Å². The highest BCUT2D eigenvalue weighted by Crippen LogP contribution is 2.21. The van der Waals surface area contributed by atoms with Gasteiger partial charge in [-0.3, -0.25) is 4.79 Å². The zero-order valence-electron chi connectivity index (χ0n) is 14.4. The Hall–Kier alpha value is -0.660. The van der Waals surface area contributed by atoms with Crippen molar-refractivity contribution in [3.05, 3.63) is 0 Å². The van der Waals surface area contributed by atoms with E-state index in [1.165, 1.54) is 0 Å². The average Bonchev–Trinajstić information content (AvgIpc) is 2.52. The van der Waals surface area contributed by atoms with E-state index in [0.29, 0.717) is 52.1 Å². The third-order valence-electron chi connectivity index (χ3n) is 4.70. The third-order valence-corrected chi connectivity index (χ3v) is 6.65. The Kier molecular flexibility index (Phi) is 6.45. The first kappa shape index (κ1) is 18.7. The Morgan fingerprint density at radius 3 is 2.43 bits per heavy atom. The second kappa shape index (κ2) is 7.94. The zero-order chi connectivity index (χ0) is 16.9. The molecule has 0 aliphatic carbocycles. The molecule has 0 radical (unpaired) electrons. The molecular formula is C16H30N2O4S. The first-order valence-corrected chi connectivity index (χ1v) is 10.3. The monoisotopic (exact) mass is 346 g/mol. The summed E-state index contributed by atoms with van der Waals surface area (Å²) in [5.41, 5.74) is -0.269. The van der Waals surface area contributed by atoms with Crippen LogP contribution in [0.25, 0.3) is 0 Å². The van der Waals surface area contributed by atoms with Crippen LogP contribution >= 0.6 is 0 Å². The Morgan fingerprint density at radius 2 is 1.78 bits per heavy atom. The molecule has 6 nitrogen and oxygen atoms in total. The van der Waals surface area contributed by atoms with E-state index in [-0.39, 0.29) is 17.2 Å². The van der Waals surface area contributed by atoms with Gasteiger partial charge >= 0.3 is 0 Å². The van der Waals surface area contributed by atoms with E-state index in [9.17, 15) is 13.2 Å². The molecule has 0 N–H and O–H groups in total. The number of rotatable bonds is 6. The molecule has 23 heavy (non-hydrogen) atoms. The van der Waals surface area contributed by atoms with Crippen LogP contribution in [0.3, 0.4) is 0 Å². The lowest BCUT2D eigenvalue weighted by molar-refractivity contribution is -0.146. The fraction of sp³-hybridized carbons (Fsp3) is 0.938. The van der Waals surface area contributed by atoms with Crippen LogP contribution < -0.4 is 0 Å². The van der Waals surface area contributed by atoms with Crippen LogP contribution in [0.2, 0.25) is 0 Å². The number of hydrogen-bond acceptors (Lipinski definition) is 4. The maximum Gasteiger partial charge on any atom is 0.223 e. The van der Waals surface area contributed by atoms with Crippen molar-refractivity contribution < 1.29 is 17.9 Å². The van der Waals surface area contributed by atoms with E-state index in [1.54, 1.807) is 4.31 Å². The van der Waals surface area contributed by atoms with E-state index in [1.807, 2.05) is 18.7 Å². The molecule has 7 heteroatoms. The summed E-state index contributed by atoms with van der Waals surface area (Å²) < 4.78 is 31.5. The highest BCUT2D eigenvalue weighted by molar-refractivity contribution is 7.89. The number of piperidine rings is 1. The summed E-state index contributed by atoms with van der Waals surface area (Å²) in [5, 5.41) is 0. The number of sulfonamides is 1. The van der Waals surface area contributed by atoms with Gasteiger partial charge in [-0.05, 0) is 39.5 Å². The largest absolute Gasteiger partial charge is 0.377 e. The summed E-state index contributed by atoms with van der Waals surface area (Å²) in [6, 6.07) is 0. The van der Waals surface area contributed by atoms with Gasteiger partial charge in [0.1, 0.15) is 0 Å². The molecule has 0 aromatic heterocycles. The van der Waals surface area contributed by atoms with Gasteiger partial charge in [-0.25, -0.2) is 12.7 Å². The van der Waals surface area contributed by atoms with E-state index in [4.69, 9.17) is 4.74 Å². The molecule has 2 aliphatic heterocycles. The summed E-state index contributed by atoms with van der Waals surface area (Å²) in [4.78, 5) is 14.2. The quantitative estimate of drug-likeness (QED) is 0.685. The zero-order valence-corrected chi connectivity index (χ0v) is 15.2. The van der Waals surface area contributed by atoms with Crippen LogP contribution in [0.15, 0.2) is 0 Å². The summed E-state index contributed by atoms with van der Waals surface area (Å²) in [5.74, 6) is 0.265. The second-order valence-electron chi connectivity index (χ2n) is 7.14. The molecule has 0 atom stereocenters. The molecule has 0 aromatic rings. The predicted octanol–water partition coefficient (Wildman–Crippen LogP) is 1.61. The molecule has 0 spiro atoms. The van der Waals surface area contributed by atoms with Crippen molar-refractivity contribution in [2.45, 2.75) is 57.9 Å². The van der Waals surface area contributed by atoms with Crippen molar-refractivity contribution in [1.29, 1.82) is 0 Å². The molecule has 2 heterocycles. The van der Waals surface area contributed by atoms with Crippen LogP contribution in [0.1, 0.15) is 52.4 Å². The molecule has 2 saturated heterocycles. The minimum atomic E-state index is -3.14. The fourth-order valence-electron chi connectivity index (χ4n) is 3.29. The van der Waals surface area contributed by atoms with Gasteiger partial charge < -0.3 is 9.64 Å². The standard InChI is InChI=1S/C16H30N2O4S/c1-16(2)14-22-12-11-18(16)15(19)8-4-7-13-23(20,21)17-9-5-3-6-10-17/h3-14H2,1-2H3. The van der Waals surface area contributed by atoms with Crippen LogP contribution in [0.5, 0.6) is 0 Å². The van der Waals surface area contributed by atoms with Gasteiger partial charge in [0.15, 0.2) is 0 Å². The molecule has 0 bridgehead atoms. The lowest BCUT2D eigenvalue weighted by atomic mass is 10.0. The van der Waals surface area contributed by atoms with E-state index < -0.39 is 10.0 Å². The second-order valence-corrected chi connectivity index (χ2v) is 9.23. The van der Waals surface area contributed by atoms with Gasteiger partial charge in [0, 0.05) is 26.1 Å². The molecule has 0 saturated carbocycles. The highest BCUT2D eigenvalue weighted by Gasteiger charge is 2.33. The number of nitrogens with zero attached hydrogens (tertiary/aromatic N) is 2. The third kappa shape index (κ3) is 5.16. The molecule has 2 rings (SSSR count). The smallest absolute Gasteiger partial charge is 0.223 e. The van der Waals surface area contributed by atoms with Crippen LogP contribution in [-0.2, 0) is 19.6 Å².